The van der Waals surface area contributed by atoms with Crippen LogP contribution in [0.1, 0.15) is 24.8 Å². The van der Waals surface area contributed by atoms with Crippen LogP contribution in [-0.4, -0.2) is 53.3 Å². The van der Waals surface area contributed by atoms with Crippen LogP contribution in [0.5, 0.6) is 0 Å². The molecule has 27 heavy (non-hydrogen) atoms. The lowest BCUT2D eigenvalue weighted by molar-refractivity contribution is 0.122. The molecule has 1 atom stereocenters. The van der Waals surface area contributed by atoms with Gasteiger partial charge in [0.25, 0.3) is 0 Å². The first kappa shape index (κ1) is 21.6. The molecule has 2 rings (SSSR count). The minimum atomic E-state index is -2.53. The summed E-state index contributed by atoms with van der Waals surface area (Å²) in [6.07, 6.45) is 10.9. The summed E-state index contributed by atoms with van der Waals surface area (Å²) in [7, 11) is 2.46. The molecule has 0 saturated carbocycles. The van der Waals surface area contributed by atoms with Crippen LogP contribution in [0.15, 0.2) is 60.3 Å². The molecule has 0 saturated heterocycles. The summed E-state index contributed by atoms with van der Waals surface area (Å²) in [6, 6.07) is 11.3. The van der Waals surface area contributed by atoms with E-state index >= 15 is 0 Å². The second-order valence-electron chi connectivity index (χ2n) is 6.78. The summed E-state index contributed by atoms with van der Waals surface area (Å²) in [6.45, 7) is 5.74. The number of allylic oxidation sites excluding steroid dienone is 1. The van der Waals surface area contributed by atoms with Crippen molar-refractivity contribution < 1.29 is 13.3 Å². The Morgan fingerprint density at radius 3 is 2.37 bits per heavy atom. The molecule has 0 bridgehead atoms. The molecular weight excluding hydrogens is 356 g/mol. The van der Waals surface area contributed by atoms with Crippen LogP contribution >= 0.6 is 0 Å². The van der Waals surface area contributed by atoms with E-state index in [-0.39, 0.29) is 5.54 Å². The maximum atomic E-state index is 5.53. The summed E-state index contributed by atoms with van der Waals surface area (Å²) in [5.74, 6) is 0. The van der Waals surface area contributed by atoms with Crippen molar-refractivity contribution in [3.8, 4) is 0 Å². The number of rotatable bonds is 13. The van der Waals surface area contributed by atoms with Gasteiger partial charge in [0.05, 0.1) is 5.54 Å². The molecule has 1 heterocycles. The maximum Gasteiger partial charge on any atom is 0.500 e. The van der Waals surface area contributed by atoms with Crippen molar-refractivity contribution in [1.82, 2.24) is 4.90 Å². The van der Waals surface area contributed by atoms with E-state index in [0.29, 0.717) is 0 Å². The van der Waals surface area contributed by atoms with Gasteiger partial charge in [-0.15, -0.1) is 0 Å². The first-order valence-electron chi connectivity index (χ1n) is 9.40. The topological polar surface area (TPSA) is 43.3 Å². The number of hydrogen-bond donors (Lipinski definition) is 0. The van der Waals surface area contributed by atoms with Gasteiger partial charge in [0.15, 0.2) is 0 Å². The van der Waals surface area contributed by atoms with Crippen molar-refractivity contribution in [2.24, 2.45) is 4.99 Å². The van der Waals surface area contributed by atoms with Crippen LogP contribution in [0.25, 0.3) is 0 Å². The Hall–Kier alpha value is -1.73. The monoisotopic (exact) mass is 388 g/mol. The van der Waals surface area contributed by atoms with Crippen LogP contribution in [0.3, 0.4) is 0 Å². The Kier molecular flexibility index (Phi) is 8.44. The second kappa shape index (κ2) is 10.6. The molecule has 0 N–H and O–H groups in total. The van der Waals surface area contributed by atoms with E-state index in [2.05, 4.69) is 41.8 Å². The molecule has 1 aliphatic rings. The van der Waals surface area contributed by atoms with Crippen molar-refractivity contribution in [3.63, 3.8) is 0 Å². The minimum Gasteiger partial charge on any atom is -0.377 e. The highest BCUT2D eigenvalue weighted by Gasteiger charge is 2.38. The third-order valence-corrected chi connectivity index (χ3v) is 8.00. The number of nitrogens with zero attached hydrogens (tertiary/aromatic N) is 2. The smallest absolute Gasteiger partial charge is 0.377 e. The zero-order valence-electron chi connectivity index (χ0n) is 16.8. The fourth-order valence-corrected chi connectivity index (χ4v) is 5.16. The van der Waals surface area contributed by atoms with Crippen LogP contribution in [0.4, 0.5) is 0 Å². The molecule has 0 amide bonds. The quantitative estimate of drug-likeness (QED) is 0.478. The molecular formula is C21H32N2O3Si. The van der Waals surface area contributed by atoms with E-state index in [1.807, 2.05) is 24.6 Å². The Labute approximate surface area is 164 Å². The SMILES string of the molecule is C=CN(CCC1(CCC[Si](OC)(OC)OC)C=CC=N1)Cc1ccccc1. The zero-order chi connectivity index (χ0) is 19.6. The van der Waals surface area contributed by atoms with Gasteiger partial charge in [-0.2, -0.15) is 0 Å². The average Bonchev–Trinajstić information content (AvgIpc) is 3.18. The summed E-state index contributed by atoms with van der Waals surface area (Å²) < 4.78 is 16.6. The summed E-state index contributed by atoms with van der Waals surface area (Å²) in [5.41, 5.74) is 1.13. The van der Waals surface area contributed by atoms with E-state index in [1.165, 1.54) is 5.56 Å². The summed E-state index contributed by atoms with van der Waals surface area (Å²) in [5, 5.41) is 0. The van der Waals surface area contributed by atoms with E-state index in [9.17, 15) is 0 Å². The Bertz CT molecular complexity index is 609. The molecule has 1 aromatic carbocycles. The van der Waals surface area contributed by atoms with Crippen molar-refractivity contribution in [2.45, 2.75) is 37.4 Å². The van der Waals surface area contributed by atoms with Crippen molar-refractivity contribution in [2.75, 3.05) is 27.9 Å². The molecule has 0 radical (unpaired) electrons. The van der Waals surface area contributed by atoms with Crippen molar-refractivity contribution in [3.05, 3.63) is 60.8 Å². The fourth-order valence-electron chi connectivity index (χ4n) is 3.43. The lowest BCUT2D eigenvalue weighted by Crippen LogP contribution is -2.43. The Balaban J connectivity index is 1.91. The summed E-state index contributed by atoms with van der Waals surface area (Å²) in [4.78, 5) is 7.02. The van der Waals surface area contributed by atoms with Gasteiger partial charge < -0.3 is 18.2 Å². The zero-order valence-corrected chi connectivity index (χ0v) is 17.8. The van der Waals surface area contributed by atoms with Gasteiger partial charge in [-0.1, -0.05) is 43.0 Å². The molecule has 1 aromatic rings. The molecule has 0 aromatic heterocycles. The fraction of sp³-hybridized carbons (Fsp3) is 0.476. The molecule has 6 heteroatoms. The molecule has 1 unspecified atom stereocenters. The van der Waals surface area contributed by atoms with Crippen molar-refractivity contribution >= 4 is 15.0 Å². The molecule has 148 valence electrons. The third-order valence-electron chi connectivity index (χ3n) is 5.17. The Morgan fingerprint density at radius 1 is 1.11 bits per heavy atom. The highest BCUT2D eigenvalue weighted by Crippen LogP contribution is 2.30. The van der Waals surface area contributed by atoms with E-state index in [4.69, 9.17) is 18.3 Å². The highest BCUT2D eigenvalue weighted by atomic mass is 28.4. The van der Waals surface area contributed by atoms with Crippen LogP contribution < -0.4 is 0 Å². The van der Waals surface area contributed by atoms with E-state index in [0.717, 1.165) is 38.4 Å². The first-order chi connectivity index (χ1) is 13.1. The number of benzene rings is 1. The van der Waals surface area contributed by atoms with Crippen molar-refractivity contribution in [1.29, 1.82) is 0 Å². The summed E-state index contributed by atoms with van der Waals surface area (Å²) >= 11 is 0. The van der Waals surface area contributed by atoms with E-state index < -0.39 is 8.80 Å². The number of hydrogen-bond acceptors (Lipinski definition) is 5. The molecule has 0 fully saturated rings. The number of aliphatic imine (C=N–C) groups is 1. The molecule has 1 aliphatic heterocycles. The lowest BCUT2D eigenvalue weighted by Gasteiger charge is -2.30. The maximum absolute atomic E-state index is 5.53. The predicted molar refractivity (Wildman–Crippen MR) is 113 cm³/mol. The normalized spacial score (nSPS) is 18.8. The first-order valence-corrected chi connectivity index (χ1v) is 11.3. The van der Waals surface area contributed by atoms with Gasteiger partial charge in [-0.25, -0.2) is 0 Å². The molecule has 0 aliphatic carbocycles. The Morgan fingerprint density at radius 2 is 1.81 bits per heavy atom. The second-order valence-corrected chi connectivity index (χ2v) is 9.87. The average molecular weight is 389 g/mol. The van der Waals surface area contributed by atoms with Gasteiger partial charge in [0, 0.05) is 46.7 Å². The van der Waals surface area contributed by atoms with E-state index in [1.54, 1.807) is 21.3 Å². The van der Waals surface area contributed by atoms with Crippen LogP contribution in [0.2, 0.25) is 6.04 Å². The van der Waals surface area contributed by atoms with Crippen LogP contribution in [0, 0.1) is 0 Å². The third kappa shape index (κ3) is 6.14. The largest absolute Gasteiger partial charge is 0.500 e. The molecule has 0 spiro atoms. The lowest BCUT2D eigenvalue weighted by atomic mass is 9.91. The minimum absolute atomic E-state index is 0.159. The van der Waals surface area contributed by atoms with Crippen LogP contribution in [-0.2, 0) is 19.8 Å². The van der Waals surface area contributed by atoms with Gasteiger partial charge in [0.1, 0.15) is 0 Å². The van der Waals surface area contributed by atoms with Gasteiger partial charge in [-0.3, -0.25) is 4.99 Å². The van der Waals surface area contributed by atoms with Gasteiger partial charge >= 0.3 is 8.80 Å². The molecule has 5 nitrogen and oxygen atoms in total. The standard InChI is InChI=1S/C21H32N2O3Si/c1-5-23(19-20-11-7-6-8-12-20)17-15-21(13-9-16-22-21)14-10-18-27(24-2,25-3)26-4/h5-9,11-13,16H,1,10,14-15,17-19H2,2-4H3. The van der Waals surface area contributed by atoms with Gasteiger partial charge in [0.2, 0.25) is 0 Å². The van der Waals surface area contributed by atoms with Gasteiger partial charge in [-0.05, 0) is 37.1 Å². The predicted octanol–water partition coefficient (Wildman–Crippen LogP) is 4.06. The highest BCUT2D eigenvalue weighted by molar-refractivity contribution is 6.60.